The molecule has 0 aliphatic rings. The second-order valence-electron chi connectivity index (χ2n) is 11.5. The van der Waals surface area contributed by atoms with Crippen LogP contribution in [0.2, 0.25) is 0 Å². The first-order valence-electron chi connectivity index (χ1n) is 14.3. The van der Waals surface area contributed by atoms with E-state index in [4.69, 9.17) is 11.5 Å². The predicted octanol–water partition coefficient (Wildman–Crippen LogP) is 10.6. The molecule has 0 spiro atoms. The molecule has 9 rings (SSSR count). The van der Waals surface area contributed by atoms with E-state index in [-0.39, 0.29) is 0 Å². The Morgan fingerprint density at radius 3 is 1.60 bits per heavy atom. The Morgan fingerprint density at radius 2 is 0.810 bits per heavy atom. The third kappa shape index (κ3) is 3.39. The maximum atomic E-state index is 6.33. The predicted molar refractivity (Wildman–Crippen MR) is 183 cm³/mol. The standard InChI is InChI=1S/C40H26N2/c41-32-12-13-34-31(18-32)17-28-10-11-33(42)22-39(28)40(34)35-7-3-6-25-15-29-21-38-27(16-30(29)20-36(25)35)9-8-26-14-23-4-1-2-5-24(23)19-37(26)38/h1-22H,41-42H2. The molecule has 0 fully saturated rings. The van der Waals surface area contributed by atoms with Crippen LogP contribution < -0.4 is 11.5 Å². The molecule has 4 N–H and O–H groups in total. The van der Waals surface area contributed by atoms with Crippen molar-refractivity contribution in [3.05, 3.63) is 133 Å². The normalized spacial score (nSPS) is 12.0. The average Bonchev–Trinajstić information content (AvgIpc) is 3.00. The van der Waals surface area contributed by atoms with Gasteiger partial charge in [0.05, 0.1) is 0 Å². The number of hydrogen-bond acceptors (Lipinski definition) is 2. The van der Waals surface area contributed by atoms with Gasteiger partial charge < -0.3 is 11.5 Å². The van der Waals surface area contributed by atoms with E-state index in [9.17, 15) is 0 Å². The number of anilines is 2. The molecule has 0 aliphatic heterocycles. The number of fused-ring (bicyclic) bond motifs is 8. The van der Waals surface area contributed by atoms with Gasteiger partial charge in [-0.25, -0.2) is 0 Å². The number of benzene rings is 9. The lowest BCUT2D eigenvalue weighted by atomic mass is 9.88. The minimum Gasteiger partial charge on any atom is -0.399 e. The van der Waals surface area contributed by atoms with E-state index < -0.39 is 0 Å². The van der Waals surface area contributed by atoms with Crippen molar-refractivity contribution in [3.8, 4) is 11.1 Å². The summed E-state index contributed by atoms with van der Waals surface area (Å²) in [5.74, 6) is 0. The highest BCUT2D eigenvalue weighted by Crippen LogP contribution is 2.42. The fourth-order valence-electron chi connectivity index (χ4n) is 6.94. The van der Waals surface area contributed by atoms with Gasteiger partial charge in [-0.3, -0.25) is 0 Å². The first kappa shape index (κ1) is 23.1. The summed E-state index contributed by atoms with van der Waals surface area (Å²) in [5, 5.41) is 17.2. The van der Waals surface area contributed by atoms with E-state index in [2.05, 4.69) is 121 Å². The van der Waals surface area contributed by atoms with Crippen LogP contribution in [0.1, 0.15) is 0 Å². The van der Waals surface area contributed by atoms with Crippen LogP contribution in [0, 0.1) is 0 Å². The smallest absolute Gasteiger partial charge is 0.0320 e. The molecule has 0 saturated carbocycles. The van der Waals surface area contributed by atoms with Gasteiger partial charge in [-0.15, -0.1) is 0 Å². The van der Waals surface area contributed by atoms with Crippen molar-refractivity contribution < 1.29 is 0 Å². The third-order valence-corrected chi connectivity index (χ3v) is 8.93. The summed E-state index contributed by atoms with van der Waals surface area (Å²) in [6, 6.07) is 48.4. The molecule has 0 radical (unpaired) electrons. The number of hydrogen-bond donors (Lipinski definition) is 2. The lowest BCUT2D eigenvalue weighted by Gasteiger charge is -2.16. The van der Waals surface area contributed by atoms with Crippen LogP contribution in [0.4, 0.5) is 11.4 Å². The van der Waals surface area contributed by atoms with E-state index in [0.29, 0.717) is 0 Å². The zero-order valence-electron chi connectivity index (χ0n) is 22.9. The zero-order valence-corrected chi connectivity index (χ0v) is 22.9. The number of nitrogens with two attached hydrogens (primary N) is 2. The SMILES string of the molecule is Nc1ccc2c(-c3cccc4cc5cc6c(ccc7cc8ccccc8cc76)cc5cc34)c3cc(N)ccc3cc2c1. The Kier molecular flexibility index (Phi) is 4.66. The van der Waals surface area contributed by atoms with Crippen molar-refractivity contribution in [2.24, 2.45) is 0 Å². The molecule has 0 bridgehead atoms. The lowest BCUT2D eigenvalue weighted by molar-refractivity contribution is 1.70. The fraction of sp³-hybridized carbons (Fsp3) is 0. The van der Waals surface area contributed by atoms with Gasteiger partial charge in [0.25, 0.3) is 0 Å². The van der Waals surface area contributed by atoms with Gasteiger partial charge in [-0.2, -0.15) is 0 Å². The first-order chi connectivity index (χ1) is 20.6. The van der Waals surface area contributed by atoms with Gasteiger partial charge >= 0.3 is 0 Å². The molecule has 42 heavy (non-hydrogen) atoms. The monoisotopic (exact) mass is 534 g/mol. The Labute approximate surface area is 242 Å². The van der Waals surface area contributed by atoms with Gasteiger partial charge in [-0.1, -0.05) is 66.7 Å². The Hall–Kier alpha value is -5.60. The highest BCUT2D eigenvalue weighted by Gasteiger charge is 2.15. The van der Waals surface area contributed by atoms with Crippen LogP contribution in [0.25, 0.3) is 86.5 Å². The molecule has 9 aromatic carbocycles. The minimum atomic E-state index is 0.760. The molecule has 2 heteroatoms. The van der Waals surface area contributed by atoms with Crippen LogP contribution in [-0.2, 0) is 0 Å². The summed E-state index contributed by atoms with van der Waals surface area (Å²) in [6.45, 7) is 0. The Bertz CT molecular complexity index is 2590. The van der Waals surface area contributed by atoms with Crippen molar-refractivity contribution in [2.45, 2.75) is 0 Å². The average molecular weight is 535 g/mol. The summed E-state index contributed by atoms with van der Waals surface area (Å²) in [5.41, 5.74) is 16.5. The van der Waals surface area contributed by atoms with Crippen molar-refractivity contribution in [1.29, 1.82) is 0 Å². The van der Waals surface area contributed by atoms with Gasteiger partial charge in [0, 0.05) is 11.4 Å². The fourth-order valence-corrected chi connectivity index (χ4v) is 6.94. The summed E-state index contributed by atoms with van der Waals surface area (Å²) in [7, 11) is 0. The highest BCUT2D eigenvalue weighted by atomic mass is 14.5. The van der Waals surface area contributed by atoms with E-state index >= 15 is 0 Å². The molecular weight excluding hydrogens is 508 g/mol. The topological polar surface area (TPSA) is 52.0 Å². The van der Waals surface area contributed by atoms with Gasteiger partial charge in [0.15, 0.2) is 0 Å². The van der Waals surface area contributed by atoms with E-state index in [1.54, 1.807) is 0 Å². The molecule has 9 aromatic rings. The third-order valence-electron chi connectivity index (χ3n) is 8.93. The molecule has 196 valence electrons. The van der Waals surface area contributed by atoms with Gasteiger partial charge in [0.1, 0.15) is 0 Å². The largest absolute Gasteiger partial charge is 0.399 e. The second-order valence-corrected chi connectivity index (χ2v) is 11.5. The molecule has 0 heterocycles. The summed E-state index contributed by atoms with van der Waals surface area (Å²) >= 11 is 0. The number of nitrogen functional groups attached to an aromatic ring is 2. The van der Waals surface area contributed by atoms with Crippen LogP contribution in [0.3, 0.4) is 0 Å². The zero-order chi connectivity index (χ0) is 27.9. The van der Waals surface area contributed by atoms with Crippen LogP contribution in [0.5, 0.6) is 0 Å². The maximum Gasteiger partial charge on any atom is 0.0320 e. The summed E-state index contributed by atoms with van der Waals surface area (Å²) in [4.78, 5) is 0. The van der Waals surface area contributed by atoms with Crippen LogP contribution in [-0.4, -0.2) is 0 Å². The number of rotatable bonds is 1. The van der Waals surface area contributed by atoms with E-state index in [0.717, 1.165) is 27.5 Å². The van der Waals surface area contributed by atoms with Crippen molar-refractivity contribution in [1.82, 2.24) is 0 Å². The molecule has 0 aromatic heterocycles. The van der Waals surface area contributed by atoms with Crippen LogP contribution in [0.15, 0.2) is 133 Å². The molecule has 2 nitrogen and oxygen atoms in total. The Morgan fingerprint density at radius 1 is 0.286 bits per heavy atom. The summed E-state index contributed by atoms with van der Waals surface area (Å²) < 4.78 is 0. The first-order valence-corrected chi connectivity index (χ1v) is 14.3. The molecule has 0 unspecified atom stereocenters. The van der Waals surface area contributed by atoms with Crippen molar-refractivity contribution in [3.63, 3.8) is 0 Å². The van der Waals surface area contributed by atoms with Crippen molar-refractivity contribution in [2.75, 3.05) is 11.5 Å². The maximum absolute atomic E-state index is 6.33. The second kappa shape index (κ2) is 8.45. The molecular formula is C40H26N2. The molecule has 0 aliphatic carbocycles. The molecule has 0 saturated heterocycles. The van der Waals surface area contributed by atoms with Gasteiger partial charge in [-0.05, 0) is 153 Å². The Balaban J connectivity index is 1.36. The van der Waals surface area contributed by atoms with E-state index in [1.807, 2.05) is 12.1 Å². The van der Waals surface area contributed by atoms with Gasteiger partial charge in [0.2, 0.25) is 0 Å². The van der Waals surface area contributed by atoms with Crippen molar-refractivity contribution >= 4 is 86.8 Å². The highest BCUT2D eigenvalue weighted by molar-refractivity contribution is 6.20. The summed E-state index contributed by atoms with van der Waals surface area (Å²) in [6.07, 6.45) is 0. The van der Waals surface area contributed by atoms with Crippen LogP contribution >= 0.6 is 0 Å². The molecule has 0 amide bonds. The lowest BCUT2D eigenvalue weighted by Crippen LogP contribution is -1.91. The quantitative estimate of drug-likeness (QED) is 0.125. The minimum absolute atomic E-state index is 0.760. The van der Waals surface area contributed by atoms with E-state index in [1.165, 1.54) is 70.4 Å². The molecule has 0 atom stereocenters.